The molecule has 0 saturated carbocycles. The zero-order valence-electron chi connectivity index (χ0n) is 19.5. The van der Waals surface area contributed by atoms with Crippen LogP contribution in [0.15, 0.2) is 66.3 Å². The molecule has 36 heavy (non-hydrogen) atoms. The fourth-order valence-electron chi connectivity index (χ4n) is 5.00. The number of nitrogens with zero attached hydrogens (tertiary/aromatic N) is 4. The van der Waals surface area contributed by atoms with Gasteiger partial charge in [-0.05, 0) is 48.4 Å². The Morgan fingerprint density at radius 1 is 1.11 bits per heavy atom. The summed E-state index contributed by atoms with van der Waals surface area (Å²) in [6.45, 7) is 2.51. The third-order valence-electron chi connectivity index (χ3n) is 6.76. The zero-order valence-corrected chi connectivity index (χ0v) is 21.1. The quantitative estimate of drug-likeness (QED) is 0.310. The number of aromatic amines is 1. The highest BCUT2D eigenvalue weighted by molar-refractivity contribution is 7.09. The number of anilines is 1. The lowest BCUT2D eigenvalue weighted by atomic mass is 10.1. The molecule has 0 radical (unpaired) electrons. The Bertz CT molecular complexity index is 1550. The summed E-state index contributed by atoms with van der Waals surface area (Å²) in [4.78, 5) is 30.2. The van der Waals surface area contributed by atoms with E-state index in [9.17, 15) is 4.79 Å². The average molecular weight is 517 g/mol. The van der Waals surface area contributed by atoms with Gasteiger partial charge in [0, 0.05) is 70.1 Å². The third-order valence-corrected chi connectivity index (χ3v) is 7.76. The Kier molecular flexibility index (Phi) is 6.08. The Morgan fingerprint density at radius 2 is 2.03 bits per heavy atom. The van der Waals surface area contributed by atoms with E-state index in [2.05, 4.69) is 25.9 Å². The van der Waals surface area contributed by atoms with Crippen molar-refractivity contribution in [2.75, 3.05) is 12.3 Å². The average Bonchev–Trinajstić information content (AvgIpc) is 3.60. The van der Waals surface area contributed by atoms with Gasteiger partial charge >= 0.3 is 0 Å². The second-order valence-electron chi connectivity index (χ2n) is 9.17. The van der Waals surface area contributed by atoms with Crippen molar-refractivity contribution in [3.63, 3.8) is 0 Å². The zero-order chi connectivity index (χ0) is 24.6. The first-order valence-electron chi connectivity index (χ1n) is 11.8. The van der Waals surface area contributed by atoms with Gasteiger partial charge in [-0.1, -0.05) is 23.7 Å². The van der Waals surface area contributed by atoms with Crippen LogP contribution in [0.1, 0.15) is 22.7 Å². The van der Waals surface area contributed by atoms with Crippen molar-refractivity contribution < 1.29 is 4.79 Å². The van der Waals surface area contributed by atoms with Crippen LogP contribution in [0.4, 0.5) is 5.69 Å². The number of pyridine rings is 1. The van der Waals surface area contributed by atoms with Crippen LogP contribution in [0.3, 0.4) is 0 Å². The number of likely N-dealkylation sites (tertiary alicyclic amines) is 1. The molecule has 6 rings (SSSR count). The first kappa shape index (κ1) is 23.0. The second-order valence-corrected chi connectivity index (χ2v) is 10.6. The lowest BCUT2D eigenvalue weighted by Crippen LogP contribution is -2.41. The Morgan fingerprint density at radius 3 is 2.89 bits per heavy atom. The smallest absolute Gasteiger partial charge is 0.240 e. The minimum atomic E-state index is -0.210. The van der Waals surface area contributed by atoms with Gasteiger partial charge in [0.05, 0.1) is 18.1 Å². The molecule has 0 unspecified atom stereocenters. The van der Waals surface area contributed by atoms with E-state index in [4.69, 9.17) is 17.3 Å². The van der Waals surface area contributed by atoms with Gasteiger partial charge in [-0.25, -0.2) is 4.98 Å². The molecule has 4 heterocycles. The molecule has 0 spiro atoms. The van der Waals surface area contributed by atoms with Crippen molar-refractivity contribution in [3.05, 3.63) is 87.6 Å². The summed E-state index contributed by atoms with van der Waals surface area (Å²) in [5, 5.41) is 5.68. The lowest BCUT2D eigenvalue weighted by molar-refractivity contribution is -0.133. The van der Waals surface area contributed by atoms with Crippen LogP contribution < -0.4 is 5.73 Å². The monoisotopic (exact) mass is 516 g/mol. The molecular weight excluding hydrogens is 492 g/mol. The largest absolute Gasteiger partial charge is 0.398 e. The molecule has 1 atom stereocenters. The number of aromatic nitrogens is 3. The molecule has 0 bridgehead atoms. The molecule has 1 fully saturated rings. The van der Waals surface area contributed by atoms with Crippen molar-refractivity contribution >= 4 is 56.3 Å². The van der Waals surface area contributed by atoms with E-state index >= 15 is 0 Å². The number of H-pyrrole nitrogens is 1. The minimum absolute atomic E-state index is 0.145. The Balaban J connectivity index is 1.23. The number of carbonyl (C=O) groups excluding carboxylic acids is 1. The molecule has 3 N–H and O–H groups in total. The lowest BCUT2D eigenvalue weighted by Gasteiger charge is -2.27. The van der Waals surface area contributed by atoms with Gasteiger partial charge in [0.15, 0.2) is 0 Å². The minimum Gasteiger partial charge on any atom is -0.398 e. The normalized spacial score (nSPS) is 16.1. The predicted molar refractivity (Wildman–Crippen MR) is 145 cm³/mol. The molecule has 1 aliphatic heterocycles. The van der Waals surface area contributed by atoms with Crippen LogP contribution in [0.25, 0.3) is 21.8 Å². The van der Waals surface area contributed by atoms with E-state index in [1.807, 2.05) is 52.9 Å². The number of amides is 1. The molecule has 1 aliphatic rings. The van der Waals surface area contributed by atoms with Crippen LogP contribution in [0, 0.1) is 0 Å². The number of nitrogens with one attached hydrogen (secondary N) is 1. The summed E-state index contributed by atoms with van der Waals surface area (Å²) < 4.78 is 0. The number of nitrogen functional groups attached to an aromatic ring is 1. The number of benzene rings is 2. The maximum atomic E-state index is 13.6. The van der Waals surface area contributed by atoms with Crippen LogP contribution >= 0.6 is 22.9 Å². The van der Waals surface area contributed by atoms with Crippen LogP contribution in [0.5, 0.6) is 0 Å². The van der Waals surface area contributed by atoms with Gasteiger partial charge in [0.1, 0.15) is 5.01 Å². The van der Waals surface area contributed by atoms with Crippen molar-refractivity contribution in [2.24, 2.45) is 0 Å². The fraction of sp³-hybridized carbons (Fsp3) is 0.222. The summed E-state index contributed by atoms with van der Waals surface area (Å²) in [7, 11) is 0. The molecule has 2 aromatic carbocycles. The van der Waals surface area contributed by atoms with Crippen LogP contribution in [-0.4, -0.2) is 43.2 Å². The maximum Gasteiger partial charge on any atom is 0.240 e. The molecular formula is C27H25ClN6OS. The molecule has 0 aliphatic carbocycles. The topological polar surface area (TPSA) is 91.1 Å². The van der Waals surface area contributed by atoms with E-state index < -0.39 is 0 Å². The van der Waals surface area contributed by atoms with Gasteiger partial charge in [-0.3, -0.25) is 14.7 Å². The number of carbonyl (C=O) groups is 1. The first-order chi connectivity index (χ1) is 17.5. The van der Waals surface area contributed by atoms with Gasteiger partial charge in [-0.2, -0.15) is 0 Å². The number of hydrogen-bond donors (Lipinski definition) is 2. The number of hydrogen-bond acceptors (Lipinski definition) is 6. The number of thiazole rings is 1. The van der Waals surface area contributed by atoms with E-state index in [1.54, 1.807) is 23.6 Å². The summed E-state index contributed by atoms with van der Waals surface area (Å²) >= 11 is 7.79. The van der Waals surface area contributed by atoms with Crippen molar-refractivity contribution in [1.82, 2.24) is 24.8 Å². The highest BCUT2D eigenvalue weighted by Gasteiger charge is 2.36. The number of fused-ring (bicyclic) bond motifs is 2. The first-order valence-corrected chi connectivity index (χ1v) is 13.1. The summed E-state index contributed by atoms with van der Waals surface area (Å²) in [6.07, 6.45) is 4.30. The van der Waals surface area contributed by atoms with Gasteiger partial charge in [0.2, 0.25) is 5.91 Å². The molecule has 182 valence electrons. The highest BCUT2D eigenvalue weighted by atomic mass is 35.5. The second kappa shape index (κ2) is 9.54. The van der Waals surface area contributed by atoms with E-state index in [1.165, 1.54) is 0 Å². The SMILES string of the molecule is Nc1ccnc2cc(CN3CC[C@@H](N(Cc4cc5cc(Cl)ccc5[nH]4)Cc4nccs4)C3=O)ccc12. The van der Waals surface area contributed by atoms with Crippen LogP contribution in [0.2, 0.25) is 5.02 Å². The molecule has 3 aromatic heterocycles. The van der Waals surface area contributed by atoms with Crippen molar-refractivity contribution in [3.8, 4) is 0 Å². The van der Waals surface area contributed by atoms with Crippen molar-refractivity contribution in [2.45, 2.75) is 32.1 Å². The van der Waals surface area contributed by atoms with Gasteiger partial charge < -0.3 is 15.6 Å². The summed E-state index contributed by atoms with van der Waals surface area (Å²) in [5.74, 6) is 0.145. The number of rotatable bonds is 7. The predicted octanol–water partition coefficient (Wildman–Crippen LogP) is 5.21. The van der Waals surface area contributed by atoms with E-state index in [-0.39, 0.29) is 11.9 Å². The number of nitrogens with two attached hydrogens (primary N) is 1. The molecule has 7 nitrogen and oxygen atoms in total. The highest BCUT2D eigenvalue weighted by Crippen LogP contribution is 2.27. The molecule has 1 saturated heterocycles. The fourth-order valence-corrected chi connectivity index (χ4v) is 5.82. The molecule has 1 amide bonds. The number of halogens is 1. The molecule has 5 aromatic rings. The molecule has 9 heteroatoms. The summed E-state index contributed by atoms with van der Waals surface area (Å²) in [5.41, 5.74) is 10.8. The van der Waals surface area contributed by atoms with Gasteiger partial charge in [0.25, 0.3) is 0 Å². The van der Waals surface area contributed by atoms with E-state index in [0.29, 0.717) is 36.9 Å². The standard InChI is InChI=1S/C27H25ClN6OS/c28-19-2-4-23-18(12-19)13-20(32-23)15-34(16-26-31-8-10-36-26)25-6-9-33(27(25)35)14-17-1-3-21-22(29)5-7-30-24(21)11-17/h1-5,7-8,10-13,25,32H,6,9,14-16H2,(H2,29,30)/t25-/m1/s1. The summed E-state index contributed by atoms with van der Waals surface area (Å²) in [6, 6.07) is 15.6. The maximum absolute atomic E-state index is 13.6. The Labute approximate surface area is 217 Å². The van der Waals surface area contributed by atoms with E-state index in [0.717, 1.165) is 44.5 Å². The van der Waals surface area contributed by atoms with Crippen molar-refractivity contribution in [1.29, 1.82) is 0 Å². The van der Waals surface area contributed by atoms with Gasteiger partial charge in [-0.15, -0.1) is 11.3 Å². The Hall–Kier alpha value is -3.46. The van der Waals surface area contributed by atoms with Crippen LogP contribution in [-0.2, 0) is 24.4 Å². The third kappa shape index (κ3) is 4.55.